The van der Waals surface area contributed by atoms with E-state index >= 15 is 0 Å². The van der Waals surface area contributed by atoms with Crippen molar-refractivity contribution < 1.29 is 9.59 Å². The molecule has 3 rings (SSSR count). The monoisotopic (exact) mass is 322 g/mol. The smallest absolute Gasteiger partial charge is 0.342 e. The van der Waals surface area contributed by atoms with Gasteiger partial charge in [0.2, 0.25) is 0 Å². The summed E-state index contributed by atoms with van der Waals surface area (Å²) in [4.78, 5) is 34.3. The summed E-state index contributed by atoms with van der Waals surface area (Å²) in [7, 11) is 1.47. The Morgan fingerprint density at radius 2 is 2.17 bits per heavy atom. The predicted molar refractivity (Wildman–Crippen MR) is 89.4 cm³/mol. The molecule has 0 unspecified atom stereocenters. The average Bonchev–Trinajstić information content (AvgIpc) is 3.04. The summed E-state index contributed by atoms with van der Waals surface area (Å²) >= 11 is 0. The lowest BCUT2D eigenvalue weighted by Gasteiger charge is -2.07. The van der Waals surface area contributed by atoms with Crippen molar-refractivity contribution in [2.75, 3.05) is 7.05 Å². The summed E-state index contributed by atoms with van der Waals surface area (Å²) in [6.07, 6.45) is 7.24. The van der Waals surface area contributed by atoms with Crippen molar-refractivity contribution in [1.82, 2.24) is 19.9 Å². The molecular weight excluding hydrogens is 308 g/mol. The molecule has 24 heavy (non-hydrogen) atoms. The molecule has 0 aromatic carbocycles. The van der Waals surface area contributed by atoms with Gasteiger partial charge in [0.25, 0.3) is 0 Å². The van der Waals surface area contributed by atoms with Crippen molar-refractivity contribution in [2.24, 2.45) is 10.7 Å². The lowest BCUT2D eigenvalue weighted by Crippen LogP contribution is -2.21. The Bertz CT molecular complexity index is 960. The highest BCUT2D eigenvalue weighted by atomic mass is 16.2. The third kappa shape index (κ3) is 2.84. The van der Waals surface area contributed by atoms with Gasteiger partial charge in [-0.2, -0.15) is 4.99 Å². The quantitative estimate of drug-likeness (QED) is 0.428. The van der Waals surface area contributed by atoms with E-state index in [0.717, 1.165) is 11.7 Å². The first kappa shape index (κ1) is 15.3. The minimum absolute atomic E-state index is 0.0661. The number of fused-ring (bicyclic) bond motifs is 1. The van der Waals surface area contributed by atoms with Crippen LogP contribution in [-0.4, -0.2) is 39.7 Å². The van der Waals surface area contributed by atoms with E-state index < -0.39 is 6.03 Å². The summed E-state index contributed by atoms with van der Waals surface area (Å²) in [6, 6.07) is 4.82. The number of amides is 2. The Hall–Kier alpha value is -3.55. The third-order valence-corrected chi connectivity index (χ3v) is 3.42. The SMILES string of the molecule is CNC(=O)/N=C(\N)c1cncc(-n2ccc3cc(C=O)cnc32)c1. The summed E-state index contributed by atoms with van der Waals surface area (Å²) in [5.74, 6) is 0.0661. The van der Waals surface area contributed by atoms with Crippen molar-refractivity contribution in [3.05, 3.63) is 54.1 Å². The number of aromatic nitrogens is 3. The van der Waals surface area contributed by atoms with Crippen molar-refractivity contribution in [3.63, 3.8) is 0 Å². The molecule has 0 aliphatic rings. The van der Waals surface area contributed by atoms with E-state index in [1.54, 1.807) is 18.3 Å². The molecule has 3 aromatic heterocycles. The van der Waals surface area contributed by atoms with Crippen LogP contribution in [0.1, 0.15) is 15.9 Å². The van der Waals surface area contributed by atoms with Crippen LogP contribution < -0.4 is 11.1 Å². The molecule has 0 spiro atoms. The average molecular weight is 322 g/mol. The maximum absolute atomic E-state index is 11.3. The number of urea groups is 1. The molecule has 0 atom stereocenters. The standard InChI is InChI=1S/C16H14N6O2/c1-18-16(24)21-14(17)12-5-13(8-19-7-12)22-3-2-11-4-10(9-23)6-20-15(11)22/h2-9H,1H3,(H3,17,18,21,24). The second kappa shape index (κ2) is 6.29. The number of pyridine rings is 2. The minimum Gasteiger partial charge on any atom is -0.383 e. The van der Waals surface area contributed by atoms with E-state index in [0.29, 0.717) is 22.5 Å². The maximum Gasteiger partial charge on any atom is 0.342 e. The fourth-order valence-electron chi connectivity index (χ4n) is 2.24. The van der Waals surface area contributed by atoms with Crippen molar-refractivity contribution in [1.29, 1.82) is 0 Å². The number of carbonyl (C=O) groups excluding carboxylic acids is 2. The number of hydrogen-bond acceptors (Lipinski definition) is 4. The van der Waals surface area contributed by atoms with Gasteiger partial charge in [0.15, 0.2) is 6.29 Å². The van der Waals surface area contributed by atoms with E-state index in [2.05, 4.69) is 20.3 Å². The van der Waals surface area contributed by atoms with Gasteiger partial charge in [0.1, 0.15) is 11.5 Å². The van der Waals surface area contributed by atoms with E-state index in [1.165, 1.54) is 19.4 Å². The van der Waals surface area contributed by atoms with Gasteiger partial charge in [-0.3, -0.25) is 14.3 Å². The van der Waals surface area contributed by atoms with Crippen LogP contribution in [0.3, 0.4) is 0 Å². The summed E-state index contributed by atoms with van der Waals surface area (Å²) in [6.45, 7) is 0. The second-order valence-electron chi connectivity index (χ2n) is 4.97. The van der Waals surface area contributed by atoms with Crippen molar-refractivity contribution >= 4 is 29.2 Å². The summed E-state index contributed by atoms with van der Waals surface area (Å²) in [5.41, 5.74) is 8.25. The highest BCUT2D eigenvalue weighted by Gasteiger charge is 2.08. The molecule has 0 bridgehead atoms. The van der Waals surface area contributed by atoms with E-state index in [1.807, 2.05) is 16.8 Å². The van der Waals surface area contributed by atoms with Crippen LogP contribution in [0, 0.1) is 0 Å². The molecule has 3 heterocycles. The Kier molecular flexibility index (Phi) is 4.02. The number of aliphatic imine (C=N–C) groups is 1. The zero-order valence-corrected chi connectivity index (χ0v) is 12.8. The third-order valence-electron chi connectivity index (χ3n) is 3.42. The van der Waals surface area contributed by atoms with Crippen LogP contribution in [-0.2, 0) is 0 Å². The number of nitrogens with zero attached hydrogens (tertiary/aromatic N) is 4. The molecule has 0 saturated heterocycles. The number of hydrogen-bond donors (Lipinski definition) is 2. The van der Waals surface area contributed by atoms with E-state index in [-0.39, 0.29) is 5.84 Å². The molecule has 0 saturated carbocycles. The van der Waals surface area contributed by atoms with Gasteiger partial charge in [0, 0.05) is 42.2 Å². The molecule has 120 valence electrons. The van der Waals surface area contributed by atoms with Gasteiger partial charge in [-0.1, -0.05) is 0 Å². The van der Waals surface area contributed by atoms with Gasteiger partial charge < -0.3 is 11.1 Å². The highest BCUT2D eigenvalue weighted by molar-refractivity contribution is 6.03. The predicted octanol–water partition coefficient (Wildman–Crippen LogP) is 1.28. The van der Waals surface area contributed by atoms with Gasteiger partial charge in [-0.25, -0.2) is 9.78 Å². The van der Waals surface area contributed by atoms with Crippen molar-refractivity contribution in [3.8, 4) is 5.69 Å². The van der Waals surface area contributed by atoms with Gasteiger partial charge >= 0.3 is 6.03 Å². The fraction of sp³-hybridized carbons (Fsp3) is 0.0625. The Balaban J connectivity index is 2.05. The molecule has 0 radical (unpaired) electrons. The van der Waals surface area contributed by atoms with Crippen LogP contribution >= 0.6 is 0 Å². The first-order valence-corrected chi connectivity index (χ1v) is 7.06. The minimum atomic E-state index is -0.535. The molecule has 2 amide bonds. The van der Waals surface area contributed by atoms with E-state index in [4.69, 9.17) is 5.73 Å². The molecule has 3 N–H and O–H groups in total. The number of amidine groups is 1. The van der Waals surface area contributed by atoms with E-state index in [9.17, 15) is 9.59 Å². The normalized spacial score (nSPS) is 11.5. The number of carbonyl (C=O) groups is 2. The summed E-state index contributed by atoms with van der Waals surface area (Å²) < 4.78 is 1.81. The first-order chi connectivity index (χ1) is 11.6. The molecule has 0 aliphatic heterocycles. The molecular formula is C16H14N6O2. The molecule has 8 nitrogen and oxygen atoms in total. The van der Waals surface area contributed by atoms with Crippen LogP contribution in [0.5, 0.6) is 0 Å². The molecule has 0 fully saturated rings. The zero-order chi connectivity index (χ0) is 17.1. The largest absolute Gasteiger partial charge is 0.383 e. The topological polar surface area (TPSA) is 115 Å². The first-order valence-electron chi connectivity index (χ1n) is 7.06. The highest BCUT2D eigenvalue weighted by Crippen LogP contribution is 2.19. The Morgan fingerprint density at radius 1 is 1.33 bits per heavy atom. The Morgan fingerprint density at radius 3 is 2.92 bits per heavy atom. The van der Waals surface area contributed by atoms with Gasteiger partial charge in [0.05, 0.1) is 11.9 Å². The lowest BCUT2D eigenvalue weighted by atomic mass is 10.2. The summed E-state index contributed by atoms with van der Waals surface area (Å²) in [5, 5.41) is 3.20. The van der Waals surface area contributed by atoms with Gasteiger partial charge in [-0.15, -0.1) is 0 Å². The molecule has 3 aromatic rings. The van der Waals surface area contributed by atoms with Crippen LogP contribution in [0.25, 0.3) is 16.7 Å². The number of rotatable bonds is 3. The fourth-order valence-corrected chi connectivity index (χ4v) is 2.24. The van der Waals surface area contributed by atoms with Crippen LogP contribution in [0.4, 0.5) is 4.79 Å². The molecule has 8 heteroatoms. The van der Waals surface area contributed by atoms with Crippen LogP contribution in [0.15, 0.2) is 48.0 Å². The van der Waals surface area contributed by atoms with Crippen LogP contribution in [0.2, 0.25) is 0 Å². The number of aldehydes is 1. The number of nitrogens with one attached hydrogen (secondary N) is 1. The second-order valence-corrected chi connectivity index (χ2v) is 4.97. The number of nitrogens with two attached hydrogens (primary N) is 1. The molecule has 0 aliphatic carbocycles. The maximum atomic E-state index is 11.3. The zero-order valence-electron chi connectivity index (χ0n) is 12.8. The Labute approximate surface area is 137 Å². The lowest BCUT2D eigenvalue weighted by molar-refractivity contribution is 0.112. The van der Waals surface area contributed by atoms with Gasteiger partial charge in [-0.05, 0) is 18.2 Å². The van der Waals surface area contributed by atoms with Crippen molar-refractivity contribution in [2.45, 2.75) is 0 Å².